The molecule has 0 aliphatic carbocycles. The predicted molar refractivity (Wildman–Crippen MR) is 92.8 cm³/mol. The third-order valence-corrected chi connectivity index (χ3v) is 4.78. The van der Waals surface area contributed by atoms with E-state index in [-0.39, 0.29) is 6.10 Å². The summed E-state index contributed by atoms with van der Waals surface area (Å²) in [6.45, 7) is 5.84. The molecule has 2 aromatic heterocycles. The van der Waals surface area contributed by atoms with Crippen molar-refractivity contribution in [2.75, 3.05) is 27.2 Å². The molecule has 3 rings (SSSR count). The minimum Gasteiger partial charge on any atom is -0.489 e. The summed E-state index contributed by atoms with van der Waals surface area (Å²) in [6.07, 6.45) is 3.15. The van der Waals surface area contributed by atoms with E-state index in [0.29, 0.717) is 0 Å². The number of rotatable bonds is 6. The lowest BCUT2D eigenvalue weighted by Gasteiger charge is -2.16. The first kappa shape index (κ1) is 16.4. The van der Waals surface area contributed by atoms with E-state index in [9.17, 15) is 0 Å². The molecule has 1 fully saturated rings. The molecule has 124 valence electrons. The largest absolute Gasteiger partial charge is 0.489 e. The van der Waals surface area contributed by atoms with E-state index in [1.54, 1.807) is 11.3 Å². The van der Waals surface area contributed by atoms with Crippen LogP contribution in [0.1, 0.15) is 22.8 Å². The van der Waals surface area contributed by atoms with Gasteiger partial charge in [-0.1, -0.05) is 0 Å². The highest BCUT2D eigenvalue weighted by molar-refractivity contribution is 7.09. The van der Waals surface area contributed by atoms with Crippen molar-refractivity contribution >= 4 is 11.3 Å². The Labute approximate surface area is 141 Å². The first-order valence-corrected chi connectivity index (χ1v) is 8.86. The first-order valence-electron chi connectivity index (χ1n) is 7.98. The quantitative estimate of drug-likeness (QED) is 0.813. The molecule has 23 heavy (non-hydrogen) atoms. The molecule has 0 spiro atoms. The molecule has 0 amide bonds. The van der Waals surface area contributed by atoms with Crippen LogP contribution in [0, 0.1) is 6.92 Å². The number of thiazole rings is 1. The van der Waals surface area contributed by atoms with E-state index in [1.165, 1.54) is 5.01 Å². The van der Waals surface area contributed by atoms with Crippen molar-refractivity contribution in [3.8, 4) is 5.75 Å². The third kappa shape index (κ3) is 4.73. The van der Waals surface area contributed by atoms with Crippen LogP contribution in [0.2, 0.25) is 0 Å². The zero-order valence-corrected chi connectivity index (χ0v) is 14.8. The summed E-state index contributed by atoms with van der Waals surface area (Å²) in [5.74, 6) is 0.925. The highest BCUT2D eigenvalue weighted by atomic mass is 32.1. The van der Waals surface area contributed by atoms with Gasteiger partial charge in [-0.15, -0.1) is 11.3 Å². The van der Waals surface area contributed by atoms with Gasteiger partial charge in [0.05, 0.1) is 12.2 Å². The fourth-order valence-corrected chi connectivity index (χ4v) is 3.65. The molecular weight excluding hydrogens is 308 g/mol. The van der Waals surface area contributed by atoms with Crippen molar-refractivity contribution < 1.29 is 4.74 Å². The summed E-state index contributed by atoms with van der Waals surface area (Å²) in [5, 5.41) is 3.31. The second-order valence-electron chi connectivity index (χ2n) is 6.37. The van der Waals surface area contributed by atoms with Crippen LogP contribution in [0.5, 0.6) is 5.75 Å². The van der Waals surface area contributed by atoms with E-state index < -0.39 is 0 Å². The second-order valence-corrected chi connectivity index (χ2v) is 7.31. The molecule has 1 unspecified atom stereocenters. The van der Waals surface area contributed by atoms with Crippen LogP contribution in [0.25, 0.3) is 0 Å². The van der Waals surface area contributed by atoms with Crippen molar-refractivity contribution in [2.24, 2.45) is 0 Å². The zero-order valence-electron chi connectivity index (χ0n) is 14.0. The van der Waals surface area contributed by atoms with Crippen molar-refractivity contribution in [2.45, 2.75) is 32.5 Å². The summed E-state index contributed by atoms with van der Waals surface area (Å²) >= 11 is 1.74. The highest BCUT2D eigenvalue weighted by Crippen LogP contribution is 2.21. The number of aryl methyl sites for hydroxylation is 1. The maximum atomic E-state index is 6.15. The van der Waals surface area contributed by atoms with E-state index in [4.69, 9.17) is 4.74 Å². The Balaban J connectivity index is 1.53. The van der Waals surface area contributed by atoms with Gasteiger partial charge in [0.1, 0.15) is 16.9 Å². The molecule has 0 N–H and O–H groups in total. The third-order valence-electron chi connectivity index (χ3n) is 3.82. The predicted octanol–water partition coefficient (Wildman–Crippen LogP) is 2.56. The van der Waals surface area contributed by atoms with Gasteiger partial charge in [0.15, 0.2) is 0 Å². The van der Waals surface area contributed by atoms with Gasteiger partial charge in [-0.05, 0) is 33.5 Å². The van der Waals surface area contributed by atoms with Gasteiger partial charge in [-0.25, -0.2) is 4.98 Å². The Morgan fingerprint density at radius 3 is 3.04 bits per heavy atom. The number of pyridine rings is 1. The molecule has 1 saturated heterocycles. The minimum absolute atomic E-state index is 0.255. The molecule has 0 radical (unpaired) electrons. The standard InChI is InChI=1S/C17H24N4OS/c1-13-12-23-17(19-13)11-21-7-5-16(10-21)22-15-4-6-18-14(8-15)9-20(2)3/h4,6,8,12,16H,5,7,9-11H2,1-3H3. The Morgan fingerprint density at radius 1 is 1.43 bits per heavy atom. The number of hydrogen-bond acceptors (Lipinski definition) is 6. The van der Waals surface area contributed by atoms with Crippen LogP contribution >= 0.6 is 11.3 Å². The number of hydrogen-bond donors (Lipinski definition) is 0. The fourth-order valence-electron chi connectivity index (χ4n) is 2.84. The van der Waals surface area contributed by atoms with Crippen LogP contribution in [0.4, 0.5) is 0 Å². The summed E-state index contributed by atoms with van der Waals surface area (Å²) in [4.78, 5) is 13.5. The number of ether oxygens (including phenoxy) is 1. The molecular formula is C17H24N4OS. The maximum Gasteiger partial charge on any atom is 0.123 e. The smallest absolute Gasteiger partial charge is 0.123 e. The Kier molecular flexibility index (Phi) is 5.25. The first-order chi connectivity index (χ1) is 11.1. The number of nitrogens with zero attached hydrogens (tertiary/aromatic N) is 4. The lowest BCUT2D eigenvalue weighted by atomic mass is 10.3. The van der Waals surface area contributed by atoms with Gasteiger partial charge in [0.25, 0.3) is 0 Å². The van der Waals surface area contributed by atoms with Crippen LogP contribution in [-0.4, -0.2) is 53.1 Å². The molecule has 1 aliphatic heterocycles. The van der Waals surface area contributed by atoms with Crippen LogP contribution in [0.15, 0.2) is 23.7 Å². The number of likely N-dealkylation sites (tertiary alicyclic amines) is 1. The van der Waals surface area contributed by atoms with E-state index in [0.717, 1.165) is 49.7 Å². The Bertz CT molecular complexity index is 643. The summed E-state index contributed by atoms with van der Waals surface area (Å²) in [7, 11) is 4.09. The van der Waals surface area contributed by atoms with Crippen molar-refractivity contribution in [3.63, 3.8) is 0 Å². The fraction of sp³-hybridized carbons (Fsp3) is 0.529. The second kappa shape index (κ2) is 7.38. The van der Waals surface area contributed by atoms with Crippen molar-refractivity contribution in [1.82, 2.24) is 19.8 Å². The average Bonchev–Trinajstić information content (AvgIpc) is 3.08. The van der Waals surface area contributed by atoms with Gasteiger partial charge in [-0.2, -0.15) is 0 Å². The van der Waals surface area contributed by atoms with Crippen LogP contribution in [-0.2, 0) is 13.1 Å². The van der Waals surface area contributed by atoms with Gasteiger partial charge in [0.2, 0.25) is 0 Å². The van der Waals surface area contributed by atoms with E-state index >= 15 is 0 Å². The molecule has 0 aromatic carbocycles. The van der Waals surface area contributed by atoms with Crippen molar-refractivity contribution in [1.29, 1.82) is 0 Å². The normalized spacial score (nSPS) is 18.7. The summed E-state index contributed by atoms with van der Waals surface area (Å²) in [6, 6.07) is 4.00. The molecule has 5 nitrogen and oxygen atoms in total. The Morgan fingerprint density at radius 2 is 2.30 bits per heavy atom. The highest BCUT2D eigenvalue weighted by Gasteiger charge is 2.24. The molecule has 1 atom stereocenters. The number of aromatic nitrogens is 2. The molecule has 0 saturated carbocycles. The molecule has 2 aromatic rings. The topological polar surface area (TPSA) is 41.5 Å². The lowest BCUT2D eigenvalue weighted by Crippen LogP contribution is -2.24. The maximum absolute atomic E-state index is 6.15. The van der Waals surface area contributed by atoms with Gasteiger partial charge < -0.3 is 9.64 Å². The lowest BCUT2D eigenvalue weighted by molar-refractivity contribution is 0.198. The van der Waals surface area contributed by atoms with Crippen LogP contribution < -0.4 is 4.74 Å². The van der Waals surface area contributed by atoms with Crippen LogP contribution in [0.3, 0.4) is 0 Å². The van der Waals surface area contributed by atoms with Crippen molar-refractivity contribution in [3.05, 3.63) is 40.1 Å². The van der Waals surface area contributed by atoms with Gasteiger partial charge in [0, 0.05) is 43.0 Å². The van der Waals surface area contributed by atoms with E-state index in [2.05, 4.69) is 25.1 Å². The minimum atomic E-state index is 0.255. The van der Waals surface area contributed by atoms with Gasteiger partial charge >= 0.3 is 0 Å². The van der Waals surface area contributed by atoms with Gasteiger partial charge in [-0.3, -0.25) is 9.88 Å². The molecule has 6 heteroatoms. The summed E-state index contributed by atoms with van der Waals surface area (Å²) in [5.41, 5.74) is 2.16. The SMILES string of the molecule is Cc1csc(CN2CCC(Oc3ccnc(CN(C)C)c3)C2)n1. The zero-order chi connectivity index (χ0) is 16.2. The monoisotopic (exact) mass is 332 g/mol. The Hall–Kier alpha value is -1.50. The van der Waals surface area contributed by atoms with E-state index in [1.807, 2.05) is 39.3 Å². The molecule has 1 aliphatic rings. The molecule has 0 bridgehead atoms. The molecule has 3 heterocycles. The average molecular weight is 332 g/mol. The summed E-state index contributed by atoms with van der Waals surface area (Å²) < 4.78 is 6.15.